The van der Waals surface area contributed by atoms with Crippen LogP contribution in [0.25, 0.3) is 22.3 Å². The molecule has 1 aromatic carbocycles. The number of aromatic hydroxyl groups is 2. The van der Waals surface area contributed by atoms with E-state index in [0.29, 0.717) is 168 Å². The van der Waals surface area contributed by atoms with E-state index >= 15 is 0 Å². The van der Waals surface area contributed by atoms with E-state index < -0.39 is 22.4 Å². The van der Waals surface area contributed by atoms with Crippen molar-refractivity contribution in [1.29, 1.82) is 0 Å². The van der Waals surface area contributed by atoms with Crippen LogP contribution in [0.2, 0.25) is 0 Å². The molecule has 0 spiro atoms. The van der Waals surface area contributed by atoms with Crippen LogP contribution >= 0.6 is 107 Å². The van der Waals surface area contributed by atoms with Crippen molar-refractivity contribution in [3.63, 3.8) is 0 Å². The van der Waals surface area contributed by atoms with E-state index in [4.69, 9.17) is 120 Å². The van der Waals surface area contributed by atoms with Crippen molar-refractivity contribution in [3.8, 4) is 103 Å². The minimum absolute atomic E-state index is 0.0142. The second-order valence-electron chi connectivity index (χ2n) is 31.2. The number of pyridine rings is 12. The summed E-state index contributed by atoms with van der Waals surface area (Å²) < 4.78 is 105. The Labute approximate surface area is 882 Å². The fourth-order valence-corrected chi connectivity index (χ4v) is 13.9. The van der Waals surface area contributed by atoms with E-state index in [1.807, 2.05) is 169 Å². The first-order valence-corrected chi connectivity index (χ1v) is 49.3. The van der Waals surface area contributed by atoms with E-state index in [2.05, 4.69) is 155 Å². The molecule has 0 unspecified atom stereocenters. The van der Waals surface area contributed by atoms with Crippen LogP contribution in [0.4, 0.5) is 26.2 Å². The number of rotatable bonds is 11. The lowest BCUT2D eigenvalue weighted by Crippen LogP contribution is -2.41. The highest BCUT2D eigenvalue weighted by molar-refractivity contribution is 9.11. The summed E-state index contributed by atoms with van der Waals surface area (Å²) in [4.78, 5) is 60.0. The summed E-state index contributed by atoms with van der Waals surface area (Å²) >= 11 is 24.2. The number of carbonyl (C=O) groups is 1. The Morgan fingerprint density at radius 1 is 0.406 bits per heavy atom. The van der Waals surface area contributed by atoms with Gasteiger partial charge in [0.25, 0.3) is 34.6 Å². The first-order chi connectivity index (χ1) is 68.2. The van der Waals surface area contributed by atoms with E-state index in [1.165, 1.54) is 6.20 Å². The molecule has 762 valence electrons. The molecule has 6 aliphatic heterocycles. The third-order valence-electron chi connectivity index (χ3n) is 19.6. The Balaban J connectivity index is 0.000000193. The van der Waals surface area contributed by atoms with Crippen LogP contribution in [-0.2, 0) is 9.31 Å². The van der Waals surface area contributed by atoms with Gasteiger partial charge < -0.3 is 109 Å². The van der Waals surface area contributed by atoms with Crippen LogP contribution in [0.3, 0.4) is 0 Å². The Hall–Kier alpha value is -11.8. The first-order valence-electron chi connectivity index (χ1n) is 43.8. The molecule has 12 aromatic heterocycles. The van der Waals surface area contributed by atoms with Crippen molar-refractivity contribution >= 4 is 142 Å². The number of hydrogen-bond donors (Lipinski definition) is 8. The summed E-state index contributed by atoms with van der Waals surface area (Å²) in [5.41, 5.74) is 28.4. The molecule has 35 nitrogen and oxygen atoms in total. The number of ether oxygens (including phenoxy) is 12. The number of nitrogens with two attached hydrogens (primary N) is 3. The molecule has 0 radical (unpaired) electrons. The molecule has 1 fully saturated rings. The van der Waals surface area contributed by atoms with Gasteiger partial charge in [-0.15, -0.1) is 0 Å². The molecule has 19 rings (SSSR count). The highest BCUT2D eigenvalue weighted by atomic mass is 79.9. The molecule has 0 amide bonds. The molecular formula is C98H109BBr6ClF2N15O20. The lowest BCUT2D eigenvalue weighted by Gasteiger charge is -2.32. The average Bonchev–Trinajstić information content (AvgIpc) is 1.63. The molecule has 6 aliphatic rings. The van der Waals surface area contributed by atoms with Gasteiger partial charge in [0.15, 0.2) is 40.2 Å². The Morgan fingerprint density at radius 2 is 0.755 bits per heavy atom. The minimum atomic E-state index is -1.12. The number of aliphatic hydroxyl groups is 3. The number of halogens is 9. The number of nitrogen functional groups attached to an aromatic ring is 3. The minimum Gasteiger partial charge on any atom is -0.506 e. The van der Waals surface area contributed by atoms with E-state index in [1.54, 1.807) is 61.1 Å². The molecule has 143 heavy (non-hydrogen) atoms. The largest absolute Gasteiger partial charge is 0.506 e. The summed E-state index contributed by atoms with van der Waals surface area (Å²) in [7, 11) is -0.363. The maximum atomic E-state index is 12.6. The van der Waals surface area contributed by atoms with Gasteiger partial charge in [-0.3, -0.25) is 9.78 Å². The van der Waals surface area contributed by atoms with Crippen molar-refractivity contribution < 1.29 is 105 Å². The normalized spacial score (nSPS) is 13.2. The number of anilines is 3. The molecule has 13 aromatic rings. The maximum Gasteiger partial charge on any atom is 0.496 e. The zero-order valence-electron chi connectivity index (χ0n) is 80.3. The number of alkyl halides is 1. The second-order valence-corrected chi connectivity index (χ2v) is 36.3. The lowest BCUT2D eigenvalue weighted by atomic mass is 9.80. The van der Waals surface area contributed by atoms with Crippen molar-refractivity contribution in [1.82, 2.24) is 59.8 Å². The summed E-state index contributed by atoms with van der Waals surface area (Å²) in [6.45, 7) is 31.9. The summed E-state index contributed by atoms with van der Waals surface area (Å²) in [5.74, 6) is 7.84. The highest BCUT2D eigenvalue weighted by Crippen LogP contribution is 2.40. The van der Waals surface area contributed by atoms with Gasteiger partial charge in [-0.2, -0.15) is 0 Å². The number of carbonyl (C=O) groups excluding carboxylic acids is 1. The third kappa shape index (κ3) is 38.0. The Morgan fingerprint density at radius 3 is 1.09 bits per heavy atom. The summed E-state index contributed by atoms with van der Waals surface area (Å²) in [6, 6.07) is 39.6. The molecule has 0 atom stereocenters. The Bertz CT molecular complexity index is 5920. The van der Waals surface area contributed by atoms with Gasteiger partial charge in [-0.25, -0.2) is 63.6 Å². The molecule has 0 saturated carbocycles. The number of aliphatic hydroxyl groups excluding tert-OH is 3. The van der Waals surface area contributed by atoms with E-state index in [9.17, 15) is 13.6 Å². The predicted molar refractivity (Wildman–Crippen MR) is 560 cm³/mol. The average molecular weight is 2380 g/mol. The van der Waals surface area contributed by atoms with Crippen LogP contribution in [0.5, 0.6) is 81.1 Å². The number of aromatic nitrogens is 12. The van der Waals surface area contributed by atoms with E-state index in [0.717, 1.165) is 123 Å². The van der Waals surface area contributed by atoms with Crippen molar-refractivity contribution in [3.05, 3.63) is 256 Å². The van der Waals surface area contributed by atoms with Gasteiger partial charge in [0.05, 0.1) is 48.6 Å². The molecule has 11 N–H and O–H groups in total. The van der Waals surface area contributed by atoms with Crippen molar-refractivity contribution in [2.45, 2.75) is 101 Å². The topological polar surface area (TPSA) is 480 Å². The SMILES string of the molecule is CC1(C)OB(c2ccc(N)nc2)OC1(C)C.Cc1ccc(O)c(Br)n1.Cc1ccc(O)cn1.Cc1ccc(OCCO)c(Br)n1.Cc1ccc(OCCO)c(Br)n1.Cc1ccc2c(n1)OCCO2.Cc1nc2c(cc1-c1ccc(N)nc1)OCCO2.Cc1nc2c(cc1-c1ccc(N)nc1)OCCO2.Cc1nc2c(cc1Br)OCCO2.Cc1nc2c(cc1Br)OCCO2.O=C(Cl)c1c(F)cccc1F.OCCBr. The number of hydrogen-bond acceptors (Lipinski definition) is 35. The molecular weight excluding hydrogens is 2270 g/mol. The molecule has 0 aliphatic carbocycles. The van der Waals surface area contributed by atoms with Crippen LogP contribution in [0.1, 0.15) is 89.3 Å². The van der Waals surface area contributed by atoms with Crippen molar-refractivity contribution in [2.24, 2.45) is 0 Å². The zero-order chi connectivity index (χ0) is 104. The number of benzene rings is 1. The van der Waals surface area contributed by atoms with Crippen molar-refractivity contribution in [2.75, 3.05) is 122 Å². The number of aryl methyl sites for hydroxylation is 9. The first kappa shape index (κ1) is 116. The van der Waals surface area contributed by atoms with Crippen LogP contribution in [-0.4, -0.2) is 213 Å². The van der Waals surface area contributed by atoms with Crippen LogP contribution in [0.15, 0.2) is 187 Å². The molecule has 45 heteroatoms. The third-order valence-corrected chi connectivity index (χ3v) is 23.4. The molecule has 1 saturated heterocycles. The summed E-state index contributed by atoms with van der Waals surface area (Å²) in [6.07, 6.45) is 6.58. The van der Waals surface area contributed by atoms with E-state index in [-0.39, 0.29) is 49.6 Å². The standard InChI is InChI=1S/2C13H13N3O2.C11H17BN2O2.2C8H8BrNO2.2C8H10BrNO2.C8H9NO2.C7H3ClF2O.C6H6BrNO.C6H7NO.C2H5BrO/c2*1-8-10(9-2-3-12(14)15-7-9)6-11-13(16-8)18-5-4-17-11;1-10(2)11(3,4)16-12(15-10)8-5-6-9(13)14-7-8;2*1-5-6(9)4-7-8(10-5)12-3-2-11-7;2*1-6-2-3-7(8(9)10-6)12-5-4-11;1-6-2-3-7-8(9-6)11-5-4-10-7;8-7(11)6-4(9)2-1-3-5(6)10;1-4-2-3-5(9)6(7)8-4;1-5-2-3-6(8)4-7-5;3-1-2-4/h2*2-3,6-7H,4-5H2,1H3,(H2,14,15);5-7H,1-4H3,(H2,13,14);2*4H,2-3H2,1H3;2*2-3,11H,4-5H2,1H3;2-3H,4-5H2,1H3;1-3H;2-3,9H,1H3;2-4,8H,1H3;4H,1-2H2. The molecule has 0 bridgehead atoms. The highest BCUT2D eigenvalue weighted by Gasteiger charge is 2.52. The molecule has 18 heterocycles. The maximum absolute atomic E-state index is 12.6. The summed E-state index contributed by atoms with van der Waals surface area (Å²) in [5, 5.41) is 42.0. The van der Waals surface area contributed by atoms with Gasteiger partial charge in [-0.05, 0) is 297 Å². The zero-order valence-corrected chi connectivity index (χ0v) is 90.6. The number of nitrogens with zero attached hydrogens (tertiary/aromatic N) is 12. The monoisotopic (exact) mass is 2370 g/mol. The lowest BCUT2D eigenvalue weighted by molar-refractivity contribution is 0.00578. The smallest absolute Gasteiger partial charge is 0.496 e. The second kappa shape index (κ2) is 58.8. The fraction of sp³-hybridized carbons (Fsp3) is 0.316. The van der Waals surface area contributed by atoms with Gasteiger partial charge in [0, 0.05) is 113 Å². The van der Waals surface area contributed by atoms with Crippen LogP contribution < -0.4 is 79.5 Å². The predicted octanol–water partition coefficient (Wildman–Crippen LogP) is 18.3. The van der Waals surface area contributed by atoms with Gasteiger partial charge >= 0.3 is 7.12 Å². The van der Waals surface area contributed by atoms with Crippen LogP contribution in [0, 0.1) is 73.9 Å². The van der Waals surface area contributed by atoms with Gasteiger partial charge in [0.1, 0.15) is 139 Å². The fourth-order valence-electron chi connectivity index (χ4n) is 11.7. The van der Waals surface area contributed by atoms with Gasteiger partial charge in [0.2, 0.25) is 0 Å². The van der Waals surface area contributed by atoms with Gasteiger partial charge in [-0.1, -0.05) is 28.1 Å². The quantitative estimate of drug-likeness (QED) is 0.0258. The number of fused-ring (bicyclic) bond motifs is 5. The Kier molecular flexibility index (Phi) is 47.9.